The predicted molar refractivity (Wildman–Crippen MR) is 133 cm³/mol. The molecule has 0 radical (unpaired) electrons. The van der Waals surface area contributed by atoms with Gasteiger partial charge in [-0.05, 0) is 49.7 Å². The summed E-state index contributed by atoms with van der Waals surface area (Å²) in [5, 5.41) is 6.43. The number of nitrogens with one attached hydrogen (secondary N) is 2. The molecule has 1 amide bonds. The molecule has 2 N–H and O–H groups in total. The van der Waals surface area contributed by atoms with Crippen molar-refractivity contribution in [3.8, 4) is 0 Å². The van der Waals surface area contributed by atoms with Crippen molar-refractivity contribution < 1.29 is 9.53 Å². The number of amides is 1. The van der Waals surface area contributed by atoms with Crippen LogP contribution < -0.4 is 10.6 Å². The number of ether oxygens (including phenoxy) is 1. The molecule has 176 valence electrons. The second kappa shape index (κ2) is 10.8. The Morgan fingerprint density at radius 3 is 2.55 bits per heavy atom. The van der Waals surface area contributed by atoms with Crippen LogP contribution in [0.3, 0.4) is 0 Å². The molecule has 2 aliphatic heterocycles. The number of allylic oxidation sites excluding steroid dienone is 2. The number of carbonyl (C=O) groups excluding carboxylic acids is 1. The smallest absolute Gasteiger partial charge is 0.246 e. The summed E-state index contributed by atoms with van der Waals surface area (Å²) in [5.41, 5.74) is 6.35. The second-order valence-corrected chi connectivity index (χ2v) is 8.87. The highest BCUT2D eigenvalue weighted by atomic mass is 16.5. The van der Waals surface area contributed by atoms with Crippen molar-refractivity contribution in [2.45, 2.75) is 38.5 Å². The van der Waals surface area contributed by atoms with Crippen LogP contribution in [0.25, 0.3) is 0 Å². The van der Waals surface area contributed by atoms with Gasteiger partial charge in [0.2, 0.25) is 11.8 Å². The van der Waals surface area contributed by atoms with Gasteiger partial charge in [-0.2, -0.15) is 0 Å². The molecule has 0 bridgehead atoms. The third-order valence-electron chi connectivity index (χ3n) is 6.83. The number of hydrogen-bond acceptors (Lipinski definition) is 6. The fourth-order valence-corrected chi connectivity index (χ4v) is 4.67. The van der Waals surface area contributed by atoms with Crippen molar-refractivity contribution in [1.82, 2.24) is 15.5 Å². The van der Waals surface area contributed by atoms with E-state index in [1.165, 1.54) is 11.1 Å². The van der Waals surface area contributed by atoms with E-state index in [4.69, 9.17) is 9.73 Å². The number of aliphatic imine (C=N–C) groups is 2. The van der Waals surface area contributed by atoms with Gasteiger partial charge < -0.3 is 20.3 Å². The van der Waals surface area contributed by atoms with E-state index < -0.39 is 0 Å². The molecule has 0 unspecified atom stereocenters. The summed E-state index contributed by atoms with van der Waals surface area (Å²) in [6, 6.07) is 8.75. The van der Waals surface area contributed by atoms with E-state index in [1.807, 2.05) is 24.9 Å². The molecule has 7 nitrogen and oxygen atoms in total. The maximum absolute atomic E-state index is 12.5. The molecule has 0 atom stereocenters. The van der Waals surface area contributed by atoms with Crippen LogP contribution in [-0.2, 0) is 9.53 Å². The Labute approximate surface area is 196 Å². The Bertz CT molecular complexity index is 974. The van der Waals surface area contributed by atoms with E-state index in [2.05, 4.69) is 39.9 Å². The lowest BCUT2D eigenvalue weighted by Gasteiger charge is -2.28. The van der Waals surface area contributed by atoms with Gasteiger partial charge in [-0.25, -0.2) is 4.99 Å². The summed E-state index contributed by atoms with van der Waals surface area (Å²) in [6.45, 7) is 5.81. The average Bonchev–Trinajstić information content (AvgIpc) is 2.89. The van der Waals surface area contributed by atoms with E-state index in [0.29, 0.717) is 18.4 Å². The SMILES string of the molecule is CN=C1OCC(c2ccc(C3CCC(=CC(=O)N4CCNCC4)CC3)cc2)=N/C1=C(/C)NC. The molecular formula is C26H35N5O2. The molecular weight excluding hydrogens is 414 g/mol. The van der Waals surface area contributed by atoms with Gasteiger partial charge in [0.25, 0.3) is 0 Å². The van der Waals surface area contributed by atoms with Gasteiger partial charge in [0.15, 0.2) is 0 Å². The minimum absolute atomic E-state index is 0.183. The first-order valence-electron chi connectivity index (χ1n) is 11.9. The molecule has 4 rings (SSSR count). The molecule has 1 aromatic carbocycles. The molecule has 1 saturated carbocycles. The van der Waals surface area contributed by atoms with Gasteiger partial charge in [-0.3, -0.25) is 9.79 Å². The van der Waals surface area contributed by atoms with Crippen molar-refractivity contribution in [3.63, 3.8) is 0 Å². The van der Waals surface area contributed by atoms with Crippen LogP contribution in [0.4, 0.5) is 0 Å². The first kappa shape index (κ1) is 23.2. The zero-order chi connectivity index (χ0) is 23.2. The summed E-state index contributed by atoms with van der Waals surface area (Å²) in [4.78, 5) is 23.5. The van der Waals surface area contributed by atoms with Gasteiger partial charge >= 0.3 is 0 Å². The van der Waals surface area contributed by atoms with E-state index in [1.54, 1.807) is 7.05 Å². The third kappa shape index (κ3) is 5.53. The van der Waals surface area contributed by atoms with Gasteiger partial charge in [0.05, 0.1) is 5.71 Å². The van der Waals surface area contributed by atoms with E-state index >= 15 is 0 Å². The second-order valence-electron chi connectivity index (χ2n) is 8.87. The van der Waals surface area contributed by atoms with Crippen LogP contribution in [0.1, 0.15) is 49.7 Å². The quantitative estimate of drug-likeness (QED) is 0.693. The van der Waals surface area contributed by atoms with Gasteiger partial charge in [0, 0.05) is 52.0 Å². The molecule has 33 heavy (non-hydrogen) atoms. The Morgan fingerprint density at radius 2 is 1.91 bits per heavy atom. The number of benzene rings is 1. The summed E-state index contributed by atoms with van der Waals surface area (Å²) >= 11 is 0. The number of nitrogens with zero attached hydrogens (tertiary/aromatic N) is 3. The van der Waals surface area contributed by atoms with E-state index in [9.17, 15) is 4.79 Å². The summed E-state index contributed by atoms with van der Waals surface area (Å²) in [6.07, 6.45) is 6.09. The third-order valence-corrected chi connectivity index (χ3v) is 6.83. The fraction of sp³-hybridized carbons (Fsp3) is 0.500. The highest BCUT2D eigenvalue weighted by Gasteiger charge is 2.23. The molecule has 0 aromatic heterocycles. The predicted octanol–water partition coefficient (Wildman–Crippen LogP) is 3.00. The topological polar surface area (TPSA) is 78.3 Å². The maximum Gasteiger partial charge on any atom is 0.246 e. The zero-order valence-corrected chi connectivity index (χ0v) is 20.0. The number of carbonyl (C=O) groups is 1. The first-order chi connectivity index (χ1) is 16.1. The van der Waals surface area contributed by atoms with Crippen LogP contribution in [0.5, 0.6) is 0 Å². The molecule has 2 fully saturated rings. The molecule has 1 aromatic rings. The number of rotatable bonds is 4. The molecule has 3 aliphatic rings. The van der Waals surface area contributed by atoms with Crippen molar-refractivity contribution in [3.05, 3.63) is 58.4 Å². The molecule has 0 spiro atoms. The highest BCUT2D eigenvalue weighted by Crippen LogP contribution is 2.35. The molecule has 1 saturated heterocycles. The lowest BCUT2D eigenvalue weighted by molar-refractivity contribution is -0.126. The van der Waals surface area contributed by atoms with Crippen molar-refractivity contribution in [1.29, 1.82) is 0 Å². The Morgan fingerprint density at radius 1 is 1.21 bits per heavy atom. The monoisotopic (exact) mass is 449 g/mol. The lowest BCUT2D eigenvalue weighted by atomic mass is 9.81. The lowest BCUT2D eigenvalue weighted by Crippen LogP contribution is -2.45. The highest BCUT2D eigenvalue weighted by molar-refractivity contribution is 6.09. The largest absolute Gasteiger partial charge is 0.470 e. The minimum Gasteiger partial charge on any atom is -0.470 e. The standard InChI is InChI=1S/C26H35N5O2/c1-18(27-2)25-26(28-3)33-17-23(30-25)22-10-8-21(9-11-22)20-6-4-19(5-7-20)16-24(32)31-14-12-29-13-15-31/h8-11,16,20,27,29H,4-7,12-15,17H2,1-3H3/b19-16?,25-18-,28-26?. The maximum atomic E-state index is 12.5. The Balaban J connectivity index is 1.39. The van der Waals surface area contributed by atoms with Crippen LogP contribution in [-0.4, -0.2) is 69.3 Å². The number of piperazine rings is 1. The average molecular weight is 450 g/mol. The van der Waals surface area contributed by atoms with Gasteiger partial charge in [-0.15, -0.1) is 0 Å². The molecule has 7 heteroatoms. The van der Waals surface area contributed by atoms with Crippen LogP contribution in [0.2, 0.25) is 0 Å². The number of hydrogen-bond donors (Lipinski definition) is 2. The van der Waals surface area contributed by atoms with Crippen molar-refractivity contribution >= 4 is 17.5 Å². The van der Waals surface area contributed by atoms with Crippen LogP contribution in [0.15, 0.2) is 57.3 Å². The zero-order valence-electron chi connectivity index (χ0n) is 20.0. The minimum atomic E-state index is 0.183. The van der Waals surface area contributed by atoms with E-state index in [0.717, 1.165) is 74.5 Å². The Kier molecular flexibility index (Phi) is 7.60. The van der Waals surface area contributed by atoms with Gasteiger partial charge in [0.1, 0.15) is 12.3 Å². The molecule has 2 heterocycles. The normalized spacial score (nSPS) is 24.2. The van der Waals surface area contributed by atoms with Gasteiger partial charge in [-0.1, -0.05) is 29.8 Å². The summed E-state index contributed by atoms with van der Waals surface area (Å²) in [5.74, 6) is 1.29. The summed E-state index contributed by atoms with van der Waals surface area (Å²) in [7, 11) is 3.60. The Hall–Kier alpha value is -2.93. The van der Waals surface area contributed by atoms with Crippen molar-refractivity contribution in [2.24, 2.45) is 9.98 Å². The van der Waals surface area contributed by atoms with Crippen LogP contribution in [0, 0.1) is 0 Å². The van der Waals surface area contributed by atoms with Crippen molar-refractivity contribution in [2.75, 3.05) is 46.9 Å². The van der Waals surface area contributed by atoms with E-state index in [-0.39, 0.29) is 5.91 Å². The molecule has 1 aliphatic carbocycles. The first-order valence-corrected chi connectivity index (χ1v) is 11.9. The van der Waals surface area contributed by atoms with Crippen LogP contribution >= 0.6 is 0 Å². The fourth-order valence-electron chi connectivity index (χ4n) is 4.67. The summed E-state index contributed by atoms with van der Waals surface area (Å²) < 4.78 is 5.84.